The minimum Gasteiger partial charge on any atom is -0.507 e. The highest BCUT2D eigenvalue weighted by atomic mass is 16.5. The lowest BCUT2D eigenvalue weighted by atomic mass is 9.95. The van der Waals surface area contributed by atoms with E-state index in [4.69, 9.17) is 14.2 Å². The van der Waals surface area contributed by atoms with Gasteiger partial charge >= 0.3 is 0 Å². The van der Waals surface area contributed by atoms with Gasteiger partial charge in [0.25, 0.3) is 11.7 Å². The molecule has 0 radical (unpaired) electrons. The number of carbonyl (C=O) groups is 2. The molecular weight excluding hydrogens is 460 g/mol. The minimum atomic E-state index is -0.718. The van der Waals surface area contributed by atoms with Gasteiger partial charge in [-0.05, 0) is 42.7 Å². The monoisotopic (exact) mass is 494 g/mol. The molecule has 4 rings (SSSR count). The number of ketones is 1. The van der Waals surface area contributed by atoms with Crippen LogP contribution in [0.5, 0.6) is 11.5 Å². The molecule has 2 aliphatic heterocycles. The molecule has 8 heteroatoms. The second-order valence-corrected chi connectivity index (χ2v) is 8.95. The molecule has 1 N–H and O–H groups in total. The molecule has 2 fully saturated rings. The van der Waals surface area contributed by atoms with Gasteiger partial charge in [-0.25, -0.2) is 0 Å². The van der Waals surface area contributed by atoms with Crippen molar-refractivity contribution >= 4 is 17.4 Å². The number of hydrogen-bond donors (Lipinski definition) is 1. The molecule has 1 amide bonds. The molecular formula is C28H34N2O6. The van der Waals surface area contributed by atoms with E-state index in [-0.39, 0.29) is 11.3 Å². The van der Waals surface area contributed by atoms with E-state index in [1.54, 1.807) is 42.3 Å². The zero-order valence-corrected chi connectivity index (χ0v) is 20.9. The highest BCUT2D eigenvalue weighted by Crippen LogP contribution is 2.40. The minimum absolute atomic E-state index is 0.0762. The van der Waals surface area contributed by atoms with Crippen LogP contribution in [0.3, 0.4) is 0 Å². The van der Waals surface area contributed by atoms with Crippen molar-refractivity contribution in [1.29, 1.82) is 0 Å². The van der Waals surface area contributed by atoms with Gasteiger partial charge in [0, 0.05) is 31.7 Å². The number of hydrogen-bond acceptors (Lipinski definition) is 7. The van der Waals surface area contributed by atoms with E-state index in [1.807, 2.05) is 25.1 Å². The predicted octanol–water partition coefficient (Wildman–Crippen LogP) is 3.63. The Labute approximate surface area is 212 Å². The van der Waals surface area contributed by atoms with Crippen molar-refractivity contribution in [2.75, 3.05) is 53.1 Å². The first-order valence-corrected chi connectivity index (χ1v) is 12.5. The molecule has 2 aromatic rings. The zero-order valence-electron chi connectivity index (χ0n) is 20.9. The van der Waals surface area contributed by atoms with Gasteiger partial charge in [0.05, 0.1) is 38.5 Å². The molecule has 36 heavy (non-hydrogen) atoms. The van der Waals surface area contributed by atoms with Crippen molar-refractivity contribution in [2.45, 2.75) is 25.8 Å². The van der Waals surface area contributed by atoms with Gasteiger partial charge in [-0.2, -0.15) is 0 Å². The van der Waals surface area contributed by atoms with Crippen molar-refractivity contribution in [3.05, 3.63) is 65.2 Å². The molecule has 2 saturated heterocycles. The van der Waals surface area contributed by atoms with Gasteiger partial charge in [-0.3, -0.25) is 14.5 Å². The highest BCUT2D eigenvalue weighted by Gasteiger charge is 2.46. The lowest BCUT2D eigenvalue weighted by Crippen LogP contribution is -2.38. The Bertz CT molecular complexity index is 1110. The first-order chi connectivity index (χ1) is 17.5. The third-order valence-corrected chi connectivity index (χ3v) is 6.51. The number of nitrogens with zero attached hydrogens (tertiary/aromatic N) is 2. The Balaban J connectivity index is 1.68. The fraction of sp³-hybridized carbons (Fsp3) is 0.429. The quantitative estimate of drug-likeness (QED) is 0.307. The largest absolute Gasteiger partial charge is 0.507 e. The van der Waals surface area contributed by atoms with E-state index in [0.717, 1.165) is 26.1 Å². The van der Waals surface area contributed by atoms with Crippen LogP contribution < -0.4 is 9.47 Å². The third-order valence-electron chi connectivity index (χ3n) is 6.51. The number of aliphatic hydroxyl groups excluding tert-OH is 1. The van der Waals surface area contributed by atoms with E-state index >= 15 is 0 Å². The maximum atomic E-state index is 13.3. The molecule has 0 bridgehead atoms. The smallest absolute Gasteiger partial charge is 0.295 e. The van der Waals surface area contributed by atoms with Crippen molar-refractivity contribution in [2.24, 2.45) is 0 Å². The Morgan fingerprint density at radius 3 is 2.56 bits per heavy atom. The fourth-order valence-corrected chi connectivity index (χ4v) is 4.67. The molecule has 2 heterocycles. The fourth-order valence-electron chi connectivity index (χ4n) is 4.67. The standard InChI is InChI=1S/C28H34N2O6/c1-3-15-36-23-10-5-8-21(19-23)26(31)24-25(20-7-4-9-22(18-20)34-2)30(28(33)27(24)32)12-6-11-29-13-16-35-17-14-29/h4-5,7-10,18-19,25,31H,3,6,11-17H2,1-2H3/b26-24+. The van der Waals surface area contributed by atoms with E-state index in [0.29, 0.717) is 55.4 Å². The SMILES string of the molecule is CCCOc1cccc(/C(O)=C2\C(=O)C(=O)N(CCCN3CCOCC3)C2c2cccc(OC)c2)c1. The second kappa shape index (κ2) is 12.1. The summed E-state index contributed by atoms with van der Waals surface area (Å²) in [5.41, 5.74) is 1.22. The number of benzene rings is 2. The summed E-state index contributed by atoms with van der Waals surface area (Å²) < 4.78 is 16.5. The summed E-state index contributed by atoms with van der Waals surface area (Å²) in [6.45, 7) is 6.86. The van der Waals surface area contributed by atoms with E-state index in [1.165, 1.54) is 0 Å². The van der Waals surface area contributed by atoms with E-state index < -0.39 is 17.7 Å². The summed E-state index contributed by atoms with van der Waals surface area (Å²) in [4.78, 5) is 30.4. The van der Waals surface area contributed by atoms with Crippen LogP contribution >= 0.6 is 0 Å². The van der Waals surface area contributed by atoms with Gasteiger partial charge in [-0.15, -0.1) is 0 Å². The average molecular weight is 495 g/mol. The Hall–Kier alpha value is -3.36. The van der Waals surface area contributed by atoms with Gasteiger partial charge < -0.3 is 24.2 Å². The Morgan fingerprint density at radius 2 is 1.81 bits per heavy atom. The number of Topliss-reactive ketones (excluding diaryl/α,β-unsaturated/α-hetero) is 1. The predicted molar refractivity (Wildman–Crippen MR) is 136 cm³/mol. The number of likely N-dealkylation sites (tertiary alicyclic amines) is 1. The van der Waals surface area contributed by atoms with Crippen molar-refractivity contribution in [3.63, 3.8) is 0 Å². The van der Waals surface area contributed by atoms with Crippen molar-refractivity contribution in [1.82, 2.24) is 9.80 Å². The topological polar surface area (TPSA) is 88.5 Å². The first kappa shape index (κ1) is 25.7. The number of methoxy groups -OCH3 is 1. The number of morpholine rings is 1. The van der Waals surface area contributed by atoms with Crippen LogP contribution in [-0.2, 0) is 14.3 Å². The van der Waals surface area contributed by atoms with Crippen molar-refractivity contribution < 1.29 is 28.9 Å². The van der Waals surface area contributed by atoms with Crippen LogP contribution in [0, 0.1) is 0 Å². The third kappa shape index (κ3) is 5.71. The molecule has 1 atom stereocenters. The highest BCUT2D eigenvalue weighted by molar-refractivity contribution is 6.46. The molecule has 0 spiro atoms. The Kier molecular flexibility index (Phi) is 8.61. The maximum Gasteiger partial charge on any atom is 0.295 e. The second-order valence-electron chi connectivity index (χ2n) is 8.95. The van der Waals surface area contributed by atoms with Crippen molar-refractivity contribution in [3.8, 4) is 11.5 Å². The summed E-state index contributed by atoms with van der Waals surface area (Å²) in [6, 6.07) is 13.5. The summed E-state index contributed by atoms with van der Waals surface area (Å²) in [7, 11) is 1.57. The number of ether oxygens (including phenoxy) is 3. The van der Waals surface area contributed by atoms with Crippen LogP contribution in [0.15, 0.2) is 54.1 Å². The number of carbonyl (C=O) groups excluding carboxylic acids is 2. The Morgan fingerprint density at radius 1 is 1.06 bits per heavy atom. The number of aliphatic hydroxyl groups is 1. The van der Waals surface area contributed by atoms with E-state index in [9.17, 15) is 14.7 Å². The van der Waals surface area contributed by atoms with Crippen LogP contribution in [0.2, 0.25) is 0 Å². The number of amides is 1. The maximum absolute atomic E-state index is 13.3. The molecule has 2 aliphatic rings. The average Bonchev–Trinajstić information content (AvgIpc) is 3.17. The molecule has 0 aromatic heterocycles. The molecule has 0 saturated carbocycles. The molecule has 1 unspecified atom stereocenters. The summed E-state index contributed by atoms with van der Waals surface area (Å²) in [6.07, 6.45) is 1.55. The van der Waals surface area contributed by atoms with Crippen LogP contribution in [0.25, 0.3) is 5.76 Å². The summed E-state index contributed by atoms with van der Waals surface area (Å²) in [5, 5.41) is 11.3. The zero-order chi connectivity index (χ0) is 25.5. The van der Waals surface area contributed by atoms with Gasteiger partial charge in [0.1, 0.15) is 17.3 Å². The summed E-state index contributed by atoms with van der Waals surface area (Å²) >= 11 is 0. The van der Waals surface area contributed by atoms with Crippen LogP contribution in [0.4, 0.5) is 0 Å². The van der Waals surface area contributed by atoms with Gasteiger partial charge in [0.15, 0.2) is 0 Å². The lowest BCUT2D eigenvalue weighted by molar-refractivity contribution is -0.140. The van der Waals surface area contributed by atoms with Crippen LogP contribution in [-0.4, -0.2) is 79.7 Å². The number of rotatable bonds is 10. The normalized spacial score (nSPS) is 20.1. The molecule has 8 nitrogen and oxygen atoms in total. The molecule has 0 aliphatic carbocycles. The van der Waals surface area contributed by atoms with E-state index in [2.05, 4.69) is 4.90 Å². The molecule has 192 valence electrons. The van der Waals surface area contributed by atoms with Gasteiger partial charge in [0.2, 0.25) is 0 Å². The summed E-state index contributed by atoms with van der Waals surface area (Å²) in [5.74, 6) is -0.296. The first-order valence-electron chi connectivity index (χ1n) is 12.5. The van der Waals surface area contributed by atoms with Crippen LogP contribution in [0.1, 0.15) is 36.9 Å². The van der Waals surface area contributed by atoms with Gasteiger partial charge in [-0.1, -0.05) is 31.2 Å². The lowest BCUT2D eigenvalue weighted by Gasteiger charge is -2.29. The molecule has 2 aromatic carbocycles.